The molecular formula is C19H19N3O6. The Morgan fingerprint density at radius 2 is 2.00 bits per heavy atom. The van der Waals surface area contributed by atoms with Crippen LogP contribution in [0.1, 0.15) is 17.9 Å². The number of aliphatic carboxylic acids is 1. The van der Waals surface area contributed by atoms with Gasteiger partial charge < -0.3 is 23.7 Å². The zero-order valence-corrected chi connectivity index (χ0v) is 15.2. The van der Waals surface area contributed by atoms with Gasteiger partial charge >= 0.3 is 5.97 Å². The molecule has 1 amide bonds. The van der Waals surface area contributed by atoms with Gasteiger partial charge in [0.05, 0.1) is 6.26 Å². The topological polar surface area (TPSA) is 119 Å². The van der Waals surface area contributed by atoms with Crippen LogP contribution in [0.4, 0.5) is 0 Å². The van der Waals surface area contributed by atoms with Crippen LogP contribution in [0.2, 0.25) is 0 Å². The molecule has 0 radical (unpaired) electrons. The zero-order chi connectivity index (χ0) is 19.9. The second-order valence-electron chi connectivity index (χ2n) is 6.07. The van der Waals surface area contributed by atoms with Crippen LogP contribution in [0.15, 0.2) is 51.6 Å². The molecule has 0 fully saturated rings. The highest BCUT2D eigenvalue weighted by Gasteiger charge is 2.14. The van der Waals surface area contributed by atoms with E-state index < -0.39 is 12.6 Å². The van der Waals surface area contributed by atoms with Crippen LogP contribution in [-0.2, 0) is 22.6 Å². The second-order valence-corrected chi connectivity index (χ2v) is 6.07. The third-order valence-corrected chi connectivity index (χ3v) is 3.89. The van der Waals surface area contributed by atoms with Crippen LogP contribution in [0.3, 0.4) is 0 Å². The largest absolute Gasteiger partial charge is 0.482 e. The molecule has 3 aromatic rings. The first-order valence-corrected chi connectivity index (χ1v) is 8.55. The van der Waals surface area contributed by atoms with Crippen molar-refractivity contribution >= 4 is 11.9 Å². The van der Waals surface area contributed by atoms with Crippen LogP contribution in [0, 0.1) is 0 Å². The highest BCUT2D eigenvalue weighted by molar-refractivity contribution is 5.76. The van der Waals surface area contributed by atoms with Crippen LogP contribution in [0.5, 0.6) is 5.75 Å². The summed E-state index contributed by atoms with van der Waals surface area (Å²) >= 11 is 0. The maximum Gasteiger partial charge on any atom is 0.341 e. The molecule has 1 aromatic carbocycles. The van der Waals surface area contributed by atoms with E-state index in [1.165, 1.54) is 6.26 Å². The van der Waals surface area contributed by atoms with Gasteiger partial charge in [-0.05, 0) is 29.8 Å². The highest BCUT2D eigenvalue weighted by atomic mass is 16.5. The normalized spacial score (nSPS) is 10.6. The van der Waals surface area contributed by atoms with Crippen molar-refractivity contribution in [2.75, 3.05) is 13.7 Å². The van der Waals surface area contributed by atoms with Gasteiger partial charge in [0.15, 0.2) is 12.4 Å². The number of ether oxygens (including phenoxy) is 1. The van der Waals surface area contributed by atoms with E-state index in [1.807, 2.05) is 0 Å². The Morgan fingerprint density at radius 3 is 2.68 bits per heavy atom. The molecule has 9 heteroatoms. The fraction of sp³-hybridized carbons (Fsp3) is 0.263. The lowest BCUT2D eigenvalue weighted by Gasteiger charge is -2.17. The number of aryl methyl sites for hydroxylation is 1. The van der Waals surface area contributed by atoms with Gasteiger partial charge in [-0.15, -0.1) is 0 Å². The molecule has 146 valence electrons. The van der Waals surface area contributed by atoms with Crippen molar-refractivity contribution in [3.05, 3.63) is 54.1 Å². The van der Waals surface area contributed by atoms with Crippen molar-refractivity contribution in [1.82, 2.24) is 15.0 Å². The van der Waals surface area contributed by atoms with E-state index in [9.17, 15) is 9.59 Å². The third kappa shape index (κ3) is 5.19. The summed E-state index contributed by atoms with van der Waals surface area (Å²) in [5, 5.41) is 12.4. The highest BCUT2D eigenvalue weighted by Crippen LogP contribution is 2.17. The van der Waals surface area contributed by atoms with Crippen LogP contribution in [-0.4, -0.2) is 45.7 Å². The summed E-state index contributed by atoms with van der Waals surface area (Å²) in [6.45, 7) is 0.0224. The van der Waals surface area contributed by atoms with Gasteiger partial charge in [0.1, 0.15) is 5.75 Å². The van der Waals surface area contributed by atoms with Crippen molar-refractivity contribution in [1.29, 1.82) is 0 Å². The summed E-state index contributed by atoms with van der Waals surface area (Å²) < 4.78 is 15.4. The third-order valence-electron chi connectivity index (χ3n) is 3.89. The van der Waals surface area contributed by atoms with E-state index in [-0.39, 0.29) is 12.3 Å². The number of carboxylic acid groups (broad SMARTS) is 1. The number of hydrogen-bond acceptors (Lipinski definition) is 7. The van der Waals surface area contributed by atoms with Gasteiger partial charge in [0.25, 0.3) is 0 Å². The number of rotatable bonds is 9. The quantitative estimate of drug-likeness (QED) is 0.596. The molecule has 0 atom stereocenters. The fourth-order valence-corrected chi connectivity index (χ4v) is 2.47. The fourth-order valence-electron chi connectivity index (χ4n) is 2.47. The van der Waals surface area contributed by atoms with Crippen LogP contribution in [0.25, 0.3) is 11.6 Å². The van der Waals surface area contributed by atoms with Crippen molar-refractivity contribution < 1.29 is 28.4 Å². The number of carboxylic acids is 1. The van der Waals surface area contributed by atoms with Crippen molar-refractivity contribution in [3.8, 4) is 17.3 Å². The minimum Gasteiger partial charge on any atom is -0.482 e. The molecule has 28 heavy (non-hydrogen) atoms. The Kier molecular flexibility index (Phi) is 6.05. The lowest BCUT2D eigenvalue weighted by molar-refractivity contribution is -0.139. The van der Waals surface area contributed by atoms with Gasteiger partial charge in [-0.2, -0.15) is 4.98 Å². The van der Waals surface area contributed by atoms with Crippen LogP contribution >= 0.6 is 0 Å². The second kappa shape index (κ2) is 8.85. The summed E-state index contributed by atoms with van der Waals surface area (Å²) in [5.74, 6) is 0.591. The van der Waals surface area contributed by atoms with Gasteiger partial charge in [-0.3, -0.25) is 4.79 Å². The van der Waals surface area contributed by atoms with Gasteiger partial charge in [0, 0.05) is 26.4 Å². The molecule has 0 aliphatic rings. The minimum absolute atomic E-state index is 0.0658. The molecule has 0 aliphatic carbocycles. The number of hydrogen-bond donors (Lipinski definition) is 1. The summed E-state index contributed by atoms with van der Waals surface area (Å²) in [7, 11) is 1.71. The van der Waals surface area contributed by atoms with E-state index in [0.717, 1.165) is 5.56 Å². The maximum absolute atomic E-state index is 12.3. The number of furan rings is 1. The number of carbonyl (C=O) groups is 2. The molecule has 0 bridgehead atoms. The van der Waals surface area contributed by atoms with E-state index in [2.05, 4.69) is 10.1 Å². The summed E-state index contributed by atoms with van der Waals surface area (Å²) in [6, 6.07) is 10.4. The Hall–Kier alpha value is -3.62. The monoisotopic (exact) mass is 385 g/mol. The van der Waals surface area contributed by atoms with Crippen molar-refractivity contribution in [2.45, 2.75) is 19.4 Å². The Balaban J connectivity index is 1.47. The lowest BCUT2D eigenvalue weighted by atomic mass is 10.2. The number of amides is 1. The number of benzene rings is 1. The molecule has 0 unspecified atom stereocenters. The molecule has 3 rings (SSSR count). The maximum atomic E-state index is 12.3. The first-order chi connectivity index (χ1) is 13.5. The zero-order valence-electron chi connectivity index (χ0n) is 15.2. The van der Waals surface area contributed by atoms with E-state index in [0.29, 0.717) is 36.2 Å². The summed E-state index contributed by atoms with van der Waals surface area (Å²) in [4.78, 5) is 28.6. The van der Waals surface area contributed by atoms with Gasteiger partial charge in [-0.1, -0.05) is 17.3 Å². The number of nitrogens with zero attached hydrogens (tertiary/aromatic N) is 3. The average Bonchev–Trinajstić information content (AvgIpc) is 3.37. The van der Waals surface area contributed by atoms with Crippen molar-refractivity contribution in [2.24, 2.45) is 0 Å². The predicted molar refractivity (Wildman–Crippen MR) is 96.4 cm³/mol. The standard InChI is InChI=1S/C19H19N3O6/c1-22(11-13-4-6-14(7-5-13)27-12-18(24)25)17(23)9-8-16-20-19(21-28-16)15-3-2-10-26-15/h2-7,10H,8-9,11-12H2,1H3,(H,24,25). The molecule has 1 N–H and O–H groups in total. The lowest BCUT2D eigenvalue weighted by Crippen LogP contribution is -2.26. The molecular weight excluding hydrogens is 366 g/mol. The van der Waals surface area contributed by atoms with E-state index in [4.69, 9.17) is 18.8 Å². The Bertz CT molecular complexity index is 918. The molecule has 0 aliphatic heterocycles. The molecule has 0 spiro atoms. The average molecular weight is 385 g/mol. The molecule has 2 heterocycles. The van der Waals surface area contributed by atoms with Crippen molar-refractivity contribution in [3.63, 3.8) is 0 Å². The van der Waals surface area contributed by atoms with E-state index >= 15 is 0 Å². The SMILES string of the molecule is CN(Cc1ccc(OCC(=O)O)cc1)C(=O)CCc1nc(-c2ccco2)no1. The van der Waals surface area contributed by atoms with Gasteiger partial charge in [-0.25, -0.2) is 4.79 Å². The minimum atomic E-state index is -1.04. The smallest absolute Gasteiger partial charge is 0.341 e. The first kappa shape index (κ1) is 19.2. The molecule has 2 aromatic heterocycles. The Morgan fingerprint density at radius 1 is 1.21 bits per heavy atom. The molecule has 0 saturated heterocycles. The number of carbonyl (C=O) groups excluding carboxylic acids is 1. The predicted octanol–water partition coefficient (Wildman–Crippen LogP) is 2.38. The van der Waals surface area contributed by atoms with E-state index in [1.54, 1.807) is 48.3 Å². The summed E-state index contributed by atoms with van der Waals surface area (Å²) in [6.07, 6.45) is 2.09. The van der Waals surface area contributed by atoms with Gasteiger partial charge in [0.2, 0.25) is 17.6 Å². The molecule has 9 nitrogen and oxygen atoms in total. The Labute approximate surface area is 160 Å². The first-order valence-electron chi connectivity index (χ1n) is 8.55. The number of aromatic nitrogens is 2. The molecule has 0 saturated carbocycles. The van der Waals surface area contributed by atoms with Crippen LogP contribution < -0.4 is 4.74 Å². The summed E-state index contributed by atoms with van der Waals surface area (Å²) in [5.41, 5.74) is 0.899.